The van der Waals surface area contributed by atoms with Crippen molar-refractivity contribution in [2.75, 3.05) is 0 Å². The molecular formula is C17H21N3O2. The molecule has 2 aromatic rings. The molecule has 2 atom stereocenters. The summed E-state index contributed by atoms with van der Waals surface area (Å²) in [5, 5.41) is 17.4. The van der Waals surface area contributed by atoms with Crippen LogP contribution in [0.15, 0.2) is 30.3 Å². The molecule has 1 aromatic carbocycles. The van der Waals surface area contributed by atoms with Gasteiger partial charge in [0, 0.05) is 19.2 Å². The lowest BCUT2D eigenvalue weighted by Gasteiger charge is -2.17. The molecule has 0 saturated carbocycles. The van der Waals surface area contributed by atoms with E-state index in [0.717, 1.165) is 16.8 Å². The van der Waals surface area contributed by atoms with Crippen LogP contribution in [-0.2, 0) is 13.5 Å². The van der Waals surface area contributed by atoms with Gasteiger partial charge in [0.2, 0.25) is 0 Å². The minimum absolute atomic E-state index is 0.247. The van der Waals surface area contributed by atoms with Crippen molar-refractivity contribution in [3.8, 4) is 0 Å². The average Bonchev–Trinajstić information content (AvgIpc) is 3.00. The zero-order chi connectivity index (χ0) is 15.9. The number of nitrogens with one attached hydrogen (secondary N) is 1. The van der Waals surface area contributed by atoms with Gasteiger partial charge in [0.15, 0.2) is 0 Å². The Balaban J connectivity index is 1.81. The third kappa shape index (κ3) is 2.52. The van der Waals surface area contributed by atoms with E-state index in [4.69, 9.17) is 0 Å². The fourth-order valence-electron chi connectivity index (χ4n) is 3.10. The molecule has 116 valence electrons. The Hall–Kier alpha value is -2.14. The van der Waals surface area contributed by atoms with Crippen molar-refractivity contribution in [3.05, 3.63) is 52.8 Å². The Labute approximate surface area is 130 Å². The number of nitrogens with zero attached hydrogens (tertiary/aromatic N) is 2. The fraction of sp³-hybridized carbons (Fsp3) is 0.412. The predicted molar refractivity (Wildman–Crippen MR) is 83.7 cm³/mol. The van der Waals surface area contributed by atoms with Crippen LogP contribution in [-0.4, -0.2) is 26.9 Å². The zero-order valence-electron chi connectivity index (χ0n) is 13.1. The number of fused-ring (bicyclic) bond motifs is 1. The third-order valence-electron chi connectivity index (χ3n) is 4.23. The first-order valence-corrected chi connectivity index (χ1v) is 7.58. The zero-order valence-corrected chi connectivity index (χ0v) is 13.1. The van der Waals surface area contributed by atoms with Crippen LogP contribution >= 0.6 is 0 Å². The number of carbonyl (C=O) groups excluding carboxylic acids is 1. The maximum absolute atomic E-state index is 12.4. The van der Waals surface area contributed by atoms with Crippen LogP contribution in [0.3, 0.4) is 0 Å². The van der Waals surface area contributed by atoms with Gasteiger partial charge in [-0.2, -0.15) is 5.10 Å². The molecule has 22 heavy (non-hydrogen) atoms. The van der Waals surface area contributed by atoms with Crippen LogP contribution in [0.1, 0.15) is 53.1 Å². The van der Waals surface area contributed by atoms with Gasteiger partial charge in [-0.15, -0.1) is 0 Å². The Morgan fingerprint density at radius 3 is 2.82 bits per heavy atom. The van der Waals surface area contributed by atoms with E-state index < -0.39 is 6.10 Å². The van der Waals surface area contributed by atoms with Gasteiger partial charge < -0.3 is 10.4 Å². The molecule has 0 aliphatic heterocycles. The van der Waals surface area contributed by atoms with Gasteiger partial charge in [-0.05, 0) is 23.1 Å². The molecule has 3 rings (SSSR count). The largest absolute Gasteiger partial charge is 0.390 e. The Morgan fingerprint density at radius 2 is 2.14 bits per heavy atom. The van der Waals surface area contributed by atoms with Gasteiger partial charge in [0.05, 0.1) is 12.1 Å². The summed E-state index contributed by atoms with van der Waals surface area (Å²) in [6, 6.07) is 9.26. The van der Waals surface area contributed by atoms with Crippen molar-refractivity contribution < 1.29 is 9.90 Å². The summed E-state index contributed by atoms with van der Waals surface area (Å²) in [6.45, 7) is 4.13. The van der Waals surface area contributed by atoms with E-state index in [2.05, 4.69) is 24.3 Å². The quantitative estimate of drug-likeness (QED) is 0.910. The Bertz CT molecular complexity index is 706. The molecule has 0 saturated heterocycles. The minimum atomic E-state index is -0.588. The summed E-state index contributed by atoms with van der Waals surface area (Å²) in [6.07, 6.45) is -0.0183. The number of aliphatic hydroxyl groups excluding tert-OH is 1. The van der Waals surface area contributed by atoms with Crippen molar-refractivity contribution in [1.82, 2.24) is 15.1 Å². The molecule has 0 unspecified atom stereocenters. The second kappa shape index (κ2) is 5.57. The van der Waals surface area contributed by atoms with Gasteiger partial charge in [-0.1, -0.05) is 38.1 Å². The smallest absolute Gasteiger partial charge is 0.272 e. The van der Waals surface area contributed by atoms with Crippen LogP contribution in [0.2, 0.25) is 0 Å². The number of rotatable bonds is 3. The van der Waals surface area contributed by atoms with E-state index in [1.807, 2.05) is 37.4 Å². The lowest BCUT2D eigenvalue weighted by atomic mass is 10.1. The van der Waals surface area contributed by atoms with Crippen LogP contribution in [0, 0.1) is 0 Å². The molecule has 1 aliphatic carbocycles. The Kier molecular flexibility index (Phi) is 3.74. The molecule has 1 amide bonds. The maximum Gasteiger partial charge on any atom is 0.272 e. The van der Waals surface area contributed by atoms with Crippen molar-refractivity contribution in [3.63, 3.8) is 0 Å². The normalized spacial score (nSPS) is 20.2. The lowest BCUT2D eigenvalue weighted by Crippen LogP contribution is -2.34. The second-order valence-electron chi connectivity index (χ2n) is 6.15. The summed E-state index contributed by atoms with van der Waals surface area (Å²) >= 11 is 0. The molecule has 1 heterocycles. The highest BCUT2D eigenvalue weighted by Crippen LogP contribution is 2.31. The van der Waals surface area contributed by atoms with Crippen molar-refractivity contribution in [2.24, 2.45) is 7.05 Å². The van der Waals surface area contributed by atoms with Gasteiger partial charge in [0.1, 0.15) is 5.69 Å². The molecule has 5 nitrogen and oxygen atoms in total. The highest BCUT2D eigenvalue weighted by Gasteiger charge is 2.32. The fourth-order valence-corrected chi connectivity index (χ4v) is 3.10. The summed E-state index contributed by atoms with van der Waals surface area (Å²) < 4.78 is 1.73. The van der Waals surface area contributed by atoms with Crippen LogP contribution in [0.25, 0.3) is 0 Å². The standard InChI is InChI=1S/C17H21N3O2/c1-10(2)14-9-13(19-20(14)3)17(22)18-16-12-7-5-4-6-11(12)8-15(16)21/h4-7,9-10,15-16,21H,8H2,1-3H3,(H,18,22)/t15-,16+/m0/s1. The van der Waals surface area contributed by atoms with E-state index in [-0.39, 0.29) is 11.9 Å². The van der Waals surface area contributed by atoms with Gasteiger partial charge in [0.25, 0.3) is 5.91 Å². The van der Waals surface area contributed by atoms with Crippen molar-refractivity contribution in [1.29, 1.82) is 0 Å². The van der Waals surface area contributed by atoms with Crippen LogP contribution in [0.5, 0.6) is 0 Å². The van der Waals surface area contributed by atoms with E-state index in [9.17, 15) is 9.90 Å². The van der Waals surface area contributed by atoms with Gasteiger partial charge >= 0.3 is 0 Å². The number of aryl methyl sites for hydroxylation is 1. The Morgan fingerprint density at radius 1 is 1.41 bits per heavy atom. The molecule has 0 fully saturated rings. The van der Waals surface area contributed by atoms with Crippen molar-refractivity contribution >= 4 is 5.91 Å². The topological polar surface area (TPSA) is 67.2 Å². The average molecular weight is 299 g/mol. The monoisotopic (exact) mass is 299 g/mol. The molecule has 1 aliphatic rings. The number of hydrogen-bond acceptors (Lipinski definition) is 3. The van der Waals surface area contributed by atoms with E-state index >= 15 is 0 Å². The number of amides is 1. The summed E-state index contributed by atoms with van der Waals surface area (Å²) in [5.74, 6) is 0.0556. The first-order chi connectivity index (χ1) is 10.5. The number of hydrogen-bond donors (Lipinski definition) is 2. The van der Waals surface area contributed by atoms with Crippen LogP contribution in [0.4, 0.5) is 0 Å². The number of aliphatic hydroxyl groups is 1. The minimum Gasteiger partial charge on any atom is -0.390 e. The molecule has 0 bridgehead atoms. The van der Waals surface area contributed by atoms with E-state index in [1.54, 1.807) is 4.68 Å². The number of aromatic nitrogens is 2. The first kappa shape index (κ1) is 14.8. The van der Waals surface area contributed by atoms with Gasteiger partial charge in [-0.25, -0.2) is 0 Å². The highest BCUT2D eigenvalue weighted by atomic mass is 16.3. The van der Waals surface area contributed by atoms with Crippen molar-refractivity contribution in [2.45, 2.75) is 38.3 Å². The lowest BCUT2D eigenvalue weighted by molar-refractivity contribution is 0.0852. The molecular weight excluding hydrogens is 278 g/mol. The molecule has 0 radical (unpaired) electrons. The van der Waals surface area contributed by atoms with E-state index in [0.29, 0.717) is 18.0 Å². The van der Waals surface area contributed by atoms with E-state index in [1.165, 1.54) is 0 Å². The highest BCUT2D eigenvalue weighted by molar-refractivity contribution is 5.92. The predicted octanol–water partition coefficient (Wildman–Crippen LogP) is 1.93. The SMILES string of the molecule is CC(C)c1cc(C(=O)N[C@@H]2c3ccccc3C[C@@H]2O)nn1C. The second-order valence-corrected chi connectivity index (χ2v) is 6.15. The summed E-state index contributed by atoms with van der Waals surface area (Å²) in [5.41, 5.74) is 3.48. The number of carbonyl (C=O) groups is 1. The van der Waals surface area contributed by atoms with Gasteiger partial charge in [-0.3, -0.25) is 9.48 Å². The number of benzene rings is 1. The molecule has 0 spiro atoms. The maximum atomic E-state index is 12.4. The molecule has 1 aromatic heterocycles. The summed E-state index contributed by atoms with van der Waals surface area (Å²) in [4.78, 5) is 12.4. The summed E-state index contributed by atoms with van der Waals surface area (Å²) in [7, 11) is 1.84. The molecule has 5 heteroatoms. The third-order valence-corrected chi connectivity index (χ3v) is 4.23. The first-order valence-electron chi connectivity index (χ1n) is 7.58. The van der Waals surface area contributed by atoms with Crippen LogP contribution < -0.4 is 5.32 Å². The molecule has 2 N–H and O–H groups in total.